The van der Waals surface area contributed by atoms with E-state index in [1.54, 1.807) is 6.92 Å². The Morgan fingerprint density at radius 1 is 1.38 bits per heavy atom. The maximum absolute atomic E-state index is 11.9. The molecule has 0 saturated carbocycles. The second kappa shape index (κ2) is 5.84. The molecule has 7 nitrogen and oxygen atoms in total. The van der Waals surface area contributed by atoms with E-state index in [-0.39, 0.29) is 27.8 Å². The van der Waals surface area contributed by atoms with Gasteiger partial charge < -0.3 is 19.7 Å². The number of carboxylic acids is 1. The minimum atomic E-state index is -1.18. The van der Waals surface area contributed by atoms with Gasteiger partial charge in [-0.15, -0.1) is 0 Å². The summed E-state index contributed by atoms with van der Waals surface area (Å²) in [6.45, 7) is 1.68. The van der Waals surface area contributed by atoms with Crippen LogP contribution in [0.3, 0.4) is 0 Å². The van der Waals surface area contributed by atoms with E-state index in [0.717, 1.165) is 0 Å². The Hall–Kier alpha value is -2.54. The molecule has 8 heteroatoms. The number of benzene rings is 1. The minimum absolute atomic E-state index is 0.0184. The molecule has 0 unspecified atom stereocenters. The lowest BCUT2D eigenvalue weighted by Crippen LogP contribution is -2.12. The number of carboxylic acid groups (broad SMARTS) is 1. The fourth-order valence-electron chi connectivity index (χ4n) is 1.64. The summed E-state index contributed by atoms with van der Waals surface area (Å²) >= 11 is 5.96. The summed E-state index contributed by atoms with van der Waals surface area (Å²) in [7, 11) is 1.32. The molecule has 21 heavy (non-hydrogen) atoms. The van der Waals surface area contributed by atoms with Crippen LogP contribution in [0.1, 0.15) is 26.6 Å². The average Bonchev–Trinajstić information content (AvgIpc) is 2.87. The molecule has 0 spiro atoms. The number of rotatable bonds is 4. The highest BCUT2D eigenvalue weighted by Crippen LogP contribution is 2.31. The third-order valence-corrected chi connectivity index (χ3v) is 2.93. The normalized spacial score (nSPS) is 10.2. The number of aryl methyl sites for hydroxylation is 1. The van der Waals surface area contributed by atoms with Gasteiger partial charge in [-0.05, 0) is 13.0 Å². The molecule has 0 aliphatic rings. The monoisotopic (exact) mass is 310 g/mol. The van der Waals surface area contributed by atoms with Crippen molar-refractivity contribution in [3.05, 3.63) is 40.2 Å². The summed E-state index contributed by atoms with van der Waals surface area (Å²) in [5.41, 5.74) is 0.665. The molecule has 0 radical (unpaired) electrons. The molecule has 0 aliphatic carbocycles. The summed E-state index contributed by atoms with van der Waals surface area (Å²) in [5, 5.41) is 15.2. The van der Waals surface area contributed by atoms with Gasteiger partial charge in [0.25, 0.3) is 5.91 Å². The number of nitrogens with one attached hydrogen (secondary N) is 1. The Bertz CT molecular complexity index is 711. The van der Waals surface area contributed by atoms with Crippen molar-refractivity contribution in [2.45, 2.75) is 6.92 Å². The van der Waals surface area contributed by atoms with Gasteiger partial charge in [-0.1, -0.05) is 16.8 Å². The van der Waals surface area contributed by atoms with Crippen molar-refractivity contribution < 1.29 is 24.0 Å². The van der Waals surface area contributed by atoms with Crippen LogP contribution >= 0.6 is 11.6 Å². The van der Waals surface area contributed by atoms with E-state index in [0.29, 0.717) is 5.69 Å². The smallest absolute Gasteiger partial charge is 0.339 e. The number of hydrogen-bond donors (Lipinski definition) is 2. The molecule has 0 aliphatic heterocycles. The Labute approximate surface area is 124 Å². The van der Waals surface area contributed by atoms with Crippen molar-refractivity contribution in [1.29, 1.82) is 0 Å². The number of ether oxygens (including phenoxy) is 1. The van der Waals surface area contributed by atoms with Crippen molar-refractivity contribution >= 4 is 29.2 Å². The predicted molar refractivity (Wildman–Crippen MR) is 74.2 cm³/mol. The highest BCUT2D eigenvalue weighted by molar-refractivity contribution is 6.34. The highest BCUT2D eigenvalue weighted by Gasteiger charge is 2.18. The standard InChI is InChI=1S/C13H11ClN2O5/c1-6-3-11(21-16-6)12(17)15-9-5-10(20-2)7(13(18)19)4-8(9)14/h3-5H,1-2H3,(H,15,17)(H,18,19). The fourth-order valence-corrected chi connectivity index (χ4v) is 1.85. The van der Waals surface area contributed by atoms with E-state index >= 15 is 0 Å². The SMILES string of the molecule is COc1cc(NC(=O)c2cc(C)no2)c(Cl)cc1C(=O)O. The van der Waals surface area contributed by atoms with Crippen LogP contribution in [0, 0.1) is 6.92 Å². The van der Waals surface area contributed by atoms with Gasteiger partial charge in [-0.2, -0.15) is 0 Å². The Kier molecular flexibility index (Phi) is 4.13. The molecule has 110 valence electrons. The molecule has 0 atom stereocenters. The largest absolute Gasteiger partial charge is 0.496 e. The van der Waals surface area contributed by atoms with Gasteiger partial charge in [0.2, 0.25) is 5.76 Å². The van der Waals surface area contributed by atoms with Crippen molar-refractivity contribution in [3.8, 4) is 5.75 Å². The van der Waals surface area contributed by atoms with E-state index < -0.39 is 11.9 Å². The molecular weight excluding hydrogens is 300 g/mol. The Morgan fingerprint density at radius 3 is 2.62 bits per heavy atom. The molecule has 2 aromatic rings. The van der Waals surface area contributed by atoms with Crippen LogP contribution < -0.4 is 10.1 Å². The number of halogens is 1. The van der Waals surface area contributed by atoms with Crippen LogP contribution in [-0.2, 0) is 0 Å². The third kappa shape index (κ3) is 3.14. The molecule has 2 N–H and O–H groups in total. The summed E-state index contributed by atoms with van der Waals surface area (Å²) in [6, 6.07) is 3.99. The first kappa shape index (κ1) is 14.9. The van der Waals surface area contributed by atoms with Gasteiger partial charge in [-0.3, -0.25) is 4.79 Å². The molecule has 0 bridgehead atoms. The molecule has 0 saturated heterocycles. The molecule has 1 aromatic heterocycles. The number of methoxy groups -OCH3 is 1. The zero-order valence-corrected chi connectivity index (χ0v) is 11.9. The number of carbonyl (C=O) groups is 2. The number of amides is 1. The quantitative estimate of drug-likeness (QED) is 0.900. The van der Waals surface area contributed by atoms with Crippen molar-refractivity contribution in [2.24, 2.45) is 0 Å². The number of aromatic nitrogens is 1. The van der Waals surface area contributed by atoms with Crippen molar-refractivity contribution in [3.63, 3.8) is 0 Å². The second-order valence-electron chi connectivity index (χ2n) is 4.12. The van der Waals surface area contributed by atoms with E-state index in [4.69, 9.17) is 26.0 Å². The zero-order valence-electron chi connectivity index (χ0n) is 11.1. The Balaban J connectivity index is 2.32. The fraction of sp³-hybridized carbons (Fsp3) is 0.154. The minimum Gasteiger partial charge on any atom is -0.496 e. The van der Waals surface area contributed by atoms with Crippen molar-refractivity contribution in [1.82, 2.24) is 5.16 Å². The van der Waals surface area contributed by atoms with E-state index in [1.807, 2.05) is 0 Å². The first-order valence-electron chi connectivity index (χ1n) is 5.78. The molecule has 1 amide bonds. The highest BCUT2D eigenvalue weighted by atomic mass is 35.5. The van der Waals surface area contributed by atoms with Crippen LogP contribution in [0.4, 0.5) is 5.69 Å². The maximum atomic E-state index is 11.9. The van der Waals surface area contributed by atoms with Crippen LogP contribution in [0.5, 0.6) is 5.75 Å². The molecule has 2 rings (SSSR count). The lowest BCUT2D eigenvalue weighted by atomic mass is 10.1. The zero-order chi connectivity index (χ0) is 15.6. The Morgan fingerprint density at radius 2 is 2.10 bits per heavy atom. The van der Waals surface area contributed by atoms with Gasteiger partial charge in [-0.25, -0.2) is 4.79 Å². The van der Waals surface area contributed by atoms with Crippen molar-refractivity contribution in [2.75, 3.05) is 12.4 Å². The third-order valence-electron chi connectivity index (χ3n) is 2.62. The number of aromatic carboxylic acids is 1. The van der Waals surface area contributed by atoms with E-state index in [2.05, 4.69) is 10.5 Å². The molecular formula is C13H11ClN2O5. The first-order chi connectivity index (χ1) is 9.92. The predicted octanol–water partition coefficient (Wildman–Crippen LogP) is 2.60. The van der Waals surface area contributed by atoms with Crippen LogP contribution in [-0.4, -0.2) is 29.2 Å². The van der Waals surface area contributed by atoms with Gasteiger partial charge in [0.1, 0.15) is 11.3 Å². The summed E-state index contributed by atoms with van der Waals surface area (Å²) < 4.78 is 9.79. The van der Waals surface area contributed by atoms with Crippen LogP contribution in [0.2, 0.25) is 5.02 Å². The molecule has 1 aromatic carbocycles. The lowest BCUT2D eigenvalue weighted by molar-refractivity contribution is 0.0693. The van der Waals surface area contributed by atoms with Gasteiger partial charge in [0, 0.05) is 12.1 Å². The van der Waals surface area contributed by atoms with Crippen LogP contribution in [0.25, 0.3) is 0 Å². The van der Waals surface area contributed by atoms with E-state index in [1.165, 1.54) is 25.3 Å². The van der Waals surface area contributed by atoms with Crippen LogP contribution in [0.15, 0.2) is 22.7 Å². The second-order valence-corrected chi connectivity index (χ2v) is 4.53. The maximum Gasteiger partial charge on any atom is 0.339 e. The number of carbonyl (C=O) groups excluding carboxylic acids is 1. The average molecular weight is 311 g/mol. The van der Waals surface area contributed by atoms with Gasteiger partial charge in [0.15, 0.2) is 0 Å². The van der Waals surface area contributed by atoms with E-state index in [9.17, 15) is 9.59 Å². The summed E-state index contributed by atoms with van der Waals surface area (Å²) in [6.07, 6.45) is 0. The summed E-state index contributed by atoms with van der Waals surface area (Å²) in [5.74, 6) is -1.64. The number of anilines is 1. The van der Waals surface area contributed by atoms with Gasteiger partial charge >= 0.3 is 5.97 Å². The number of hydrogen-bond acceptors (Lipinski definition) is 5. The lowest BCUT2D eigenvalue weighted by Gasteiger charge is -2.10. The molecule has 1 heterocycles. The summed E-state index contributed by atoms with van der Waals surface area (Å²) in [4.78, 5) is 23.0. The first-order valence-corrected chi connectivity index (χ1v) is 6.15. The molecule has 0 fully saturated rings. The van der Waals surface area contributed by atoms with Gasteiger partial charge in [0.05, 0.1) is 23.5 Å². The number of nitrogens with zero attached hydrogens (tertiary/aromatic N) is 1. The topological polar surface area (TPSA) is 102 Å².